The van der Waals surface area contributed by atoms with Gasteiger partial charge >= 0.3 is 6.03 Å². The Bertz CT molecular complexity index is 1220. The lowest BCUT2D eigenvalue weighted by Crippen LogP contribution is -2.49. The molecule has 1 aliphatic heterocycles. The molecule has 200 valence electrons. The summed E-state index contributed by atoms with van der Waals surface area (Å²) in [5.74, 6) is 0.0580. The van der Waals surface area contributed by atoms with Crippen LogP contribution >= 0.6 is 0 Å². The van der Waals surface area contributed by atoms with E-state index in [2.05, 4.69) is 34.6 Å². The van der Waals surface area contributed by atoms with Crippen molar-refractivity contribution < 1.29 is 19.4 Å². The highest BCUT2D eigenvalue weighted by Crippen LogP contribution is 2.35. The molecule has 3 amide bonds. The van der Waals surface area contributed by atoms with Crippen molar-refractivity contribution in [2.45, 2.75) is 32.5 Å². The molecule has 8 nitrogen and oxygen atoms in total. The van der Waals surface area contributed by atoms with E-state index in [0.717, 1.165) is 6.54 Å². The van der Waals surface area contributed by atoms with Crippen LogP contribution in [-0.4, -0.2) is 65.7 Å². The maximum Gasteiger partial charge on any atom is 0.323 e. The van der Waals surface area contributed by atoms with E-state index >= 15 is 0 Å². The Kier molecular flexibility index (Phi) is 8.99. The monoisotopic (exact) mass is 516 g/mol. The number of urea groups is 1. The molecule has 38 heavy (non-hydrogen) atoms. The average Bonchev–Trinajstić information content (AvgIpc) is 2.91. The van der Waals surface area contributed by atoms with Crippen LogP contribution in [0.4, 0.5) is 16.2 Å². The van der Waals surface area contributed by atoms with Crippen LogP contribution in [0.2, 0.25) is 0 Å². The van der Waals surface area contributed by atoms with Crippen LogP contribution in [-0.2, 0) is 6.54 Å². The third kappa shape index (κ3) is 6.70. The molecule has 3 aromatic rings. The van der Waals surface area contributed by atoms with Gasteiger partial charge < -0.3 is 25.4 Å². The summed E-state index contributed by atoms with van der Waals surface area (Å²) in [6, 6.07) is 23.7. The molecule has 0 saturated heterocycles. The average molecular weight is 517 g/mol. The number of likely N-dealkylation sites (N-methyl/N-ethyl adjacent to an activating group) is 1. The lowest BCUT2D eigenvalue weighted by Gasteiger charge is -2.38. The fourth-order valence-corrected chi connectivity index (χ4v) is 4.63. The molecular weight excluding hydrogens is 480 g/mol. The number of para-hydroxylation sites is 2. The van der Waals surface area contributed by atoms with Gasteiger partial charge in [-0.1, -0.05) is 61.5 Å². The van der Waals surface area contributed by atoms with Crippen LogP contribution in [0.1, 0.15) is 29.8 Å². The van der Waals surface area contributed by atoms with E-state index in [9.17, 15) is 14.7 Å². The number of nitrogens with zero attached hydrogens (tertiary/aromatic N) is 2. The second kappa shape index (κ2) is 12.6. The zero-order valence-electron chi connectivity index (χ0n) is 22.1. The van der Waals surface area contributed by atoms with Crippen molar-refractivity contribution >= 4 is 23.3 Å². The molecule has 0 fully saturated rings. The third-order valence-corrected chi connectivity index (χ3v) is 6.76. The van der Waals surface area contributed by atoms with Gasteiger partial charge in [0.15, 0.2) is 5.75 Å². The van der Waals surface area contributed by atoms with Gasteiger partial charge in [0.1, 0.15) is 6.10 Å². The predicted octanol–water partition coefficient (Wildman–Crippen LogP) is 4.68. The largest absolute Gasteiger partial charge is 0.486 e. The van der Waals surface area contributed by atoms with Gasteiger partial charge in [0, 0.05) is 31.2 Å². The molecule has 4 rings (SSSR count). The van der Waals surface area contributed by atoms with Gasteiger partial charge in [0.05, 0.1) is 23.9 Å². The number of amides is 3. The Morgan fingerprint density at radius 2 is 1.74 bits per heavy atom. The smallest absolute Gasteiger partial charge is 0.323 e. The van der Waals surface area contributed by atoms with E-state index in [4.69, 9.17) is 4.74 Å². The summed E-state index contributed by atoms with van der Waals surface area (Å²) in [5, 5.41) is 15.6. The van der Waals surface area contributed by atoms with Crippen molar-refractivity contribution in [1.82, 2.24) is 9.80 Å². The Hall–Kier alpha value is -3.88. The number of rotatable bonds is 8. The van der Waals surface area contributed by atoms with Crippen LogP contribution < -0.4 is 15.4 Å². The van der Waals surface area contributed by atoms with Crippen molar-refractivity contribution in [3.8, 4) is 5.75 Å². The molecule has 0 aliphatic carbocycles. The molecular formula is C30H36N4O4. The Labute approximate surface area is 224 Å². The highest BCUT2D eigenvalue weighted by molar-refractivity contribution is 6.04. The van der Waals surface area contributed by atoms with Crippen molar-refractivity contribution in [2.75, 3.05) is 37.4 Å². The van der Waals surface area contributed by atoms with Crippen molar-refractivity contribution in [3.63, 3.8) is 0 Å². The number of fused-ring (bicyclic) bond motifs is 1. The summed E-state index contributed by atoms with van der Waals surface area (Å²) in [6.45, 7) is 5.53. The molecule has 0 aromatic heterocycles. The minimum atomic E-state index is -0.436. The molecule has 0 radical (unpaired) electrons. The number of nitrogens with one attached hydrogen (secondary N) is 2. The number of hydrogen-bond acceptors (Lipinski definition) is 5. The first-order valence-corrected chi connectivity index (χ1v) is 12.9. The molecule has 0 saturated carbocycles. The number of aliphatic hydroxyl groups excluding tert-OH is 1. The summed E-state index contributed by atoms with van der Waals surface area (Å²) in [7, 11) is 2.04. The Morgan fingerprint density at radius 1 is 1.05 bits per heavy atom. The van der Waals surface area contributed by atoms with Crippen molar-refractivity contribution in [3.05, 3.63) is 90.0 Å². The van der Waals surface area contributed by atoms with Crippen molar-refractivity contribution in [1.29, 1.82) is 0 Å². The zero-order chi connectivity index (χ0) is 27.1. The van der Waals surface area contributed by atoms with Gasteiger partial charge in [0.2, 0.25) is 0 Å². The van der Waals surface area contributed by atoms with Crippen LogP contribution in [0.5, 0.6) is 5.75 Å². The number of ether oxygens (including phenoxy) is 1. The topological polar surface area (TPSA) is 94.1 Å². The van der Waals surface area contributed by atoms with Crippen LogP contribution in [0.3, 0.4) is 0 Å². The van der Waals surface area contributed by atoms with E-state index in [0.29, 0.717) is 35.8 Å². The molecule has 0 bridgehead atoms. The van der Waals surface area contributed by atoms with Crippen LogP contribution in [0.25, 0.3) is 0 Å². The molecule has 1 heterocycles. The number of carbonyl (C=O) groups is 2. The maximum atomic E-state index is 13.6. The van der Waals surface area contributed by atoms with E-state index < -0.39 is 6.03 Å². The number of benzene rings is 3. The molecule has 0 spiro atoms. The lowest BCUT2D eigenvalue weighted by molar-refractivity contribution is 0.0343. The van der Waals surface area contributed by atoms with E-state index in [1.54, 1.807) is 35.2 Å². The highest BCUT2D eigenvalue weighted by atomic mass is 16.5. The minimum Gasteiger partial charge on any atom is -0.486 e. The van der Waals surface area contributed by atoms with Gasteiger partial charge in [-0.2, -0.15) is 0 Å². The van der Waals surface area contributed by atoms with E-state index in [1.165, 1.54) is 5.56 Å². The molecule has 3 N–H and O–H groups in total. The summed E-state index contributed by atoms with van der Waals surface area (Å²) >= 11 is 0. The van der Waals surface area contributed by atoms with Crippen LogP contribution in [0.15, 0.2) is 78.9 Å². The molecule has 8 heteroatoms. The van der Waals surface area contributed by atoms with E-state index in [-0.39, 0.29) is 30.6 Å². The van der Waals surface area contributed by atoms with E-state index in [1.807, 2.05) is 50.4 Å². The van der Waals surface area contributed by atoms with Crippen molar-refractivity contribution in [2.24, 2.45) is 5.92 Å². The molecule has 3 aromatic carbocycles. The maximum absolute atomic E-state index is 13.6. The van der Waals surface area contributed by atoms with Gasteiger partial charge in [-0.3, -0.25) is 9.69 Å². The Morgan fingerprint density at radius 3 is 2.42 bits per heavy atom. The first kappa shape index (κ1) is 27.2. The SMILES string of the molecule is C[C@@H]1CN([C@H](C)CO)C(=O)c2cccc(NC(=O)Nc3ccccc3)c2O[C@@H]1CN(C)Cc1ccccc1. The molecule has 3 atom stereocenters. The summed E-state index contributed by atoms with van der Waals surface area (Å²) in [5.41, 5.74) is 2.61. The summed E-state index contributed by atoms with van der Waals surface area (Å²) < 4.78 is 6.58. The van der Waals surface area contributed by atoms with Crippen LogP contribution in [0, 0.1) is 5.92 Å². The highest BCUT2D eigenvalue weighted by Gasteiger charge is 2.34. The number of aliphatic hydroxyl groups is 1. The quantitative estimate of drug-likeness (QED) is 0.404. The lowest BCUT2D eigenvalue weighted by atomic mass is 9.99. The number of hydrogen-bond donors (Lipinski definition) is 3. The normalized spacial score (nSPS) is 18.1. The molecule has 1 aliphatic rings. The number of carbonyl (C=O) groups excluding carboxylic acids is 2. The minimum absolute atomic E-state index is 0.0366. The number of anilines is 2. The van der Waals surface area contributed by atoms with Gasteiger partial charge in [-0.05, 0) is 43.8 Å². The van der Waals surface area contributed by atoms with Gasteiger partial charge in [-0.25, -0.2) is 4.79 Å². The second-order valence-electron chi connectivity index (χ2n) is 9.93. The van der Waals surface area contributed by atoms with Gasteiger partial charge in [0.25, 0.3) is 5.91 Å². The van der Waals surface area contributed by atoms with Gasteiger partial charge in [-0.15, -0.1) is 0 Å². The summed E-state index contributed by atoms with van der Waals surface area (Å²) in [6.07, 6.45) is -0.274. The zero-order valence-corrected chi connectivity index (χ0v) is 22.1. The first-order chi connectivity index (χ1) is 18.4. The third-order valence-electron chi connectivity index (χ3n) is 6.76. The first-order valence-electron chi connectivity index (χ1n) is 12.9. The fourth-order valence-electron chi connectivity index (χ4n) is 4.63. The fraction of sp³-hybridized carbons (Fsp3) is 0.333. The summed E-state index contributed by atoms with van der Waals surface area (Å²) in [4.78, 5) is 30.4. The molecule has 0 unspecified atom stereocenters. The second-order valence-corrected chi connectivity index (χ2v) is 9.93. The standard InChI is InChI=1S/C30H36N4O4/c1-21-17-34(22(2)20-35)29(36)25-15-10-16-26(32-30(37)31-24-13-8-5-9-14-24)28(25)38-27(21)19-33(3)18-23-11-6-4-7-12-23/h4-16,21-22,27,35H,17-20H2,1-3H3,(H2,31,32,37)/t21-,22-,27-/m1/s1. The Balaban J connectivity index is 1.63. The predicted molar refractivity (Wildman–Crippen MR) is 149 cm³/mol.